The second-order valence-electron chi connectivity index (χ2n) is 5.34. The van der Waals surface area contributed by atoms with E-state index >= 15 is 0 Å². The van der Waals surface area contributed by atoms with Crippen molar-refractivity contribution in [3.63, 3.8) is 0 Å². The zero-order chi connectivity index (χ0) is 16.5. The number of hydroxylamine groups is 2. The summed E-state index contributed by atoms with van der Waals surface area (Å²) in [7, 11) is 0. The van der Waals surface area contributed by atoms with Crippen LogP contribution < -0.4 is 0 Å². The lowest BCUT2D eigenvalue weighted by molar-refractivity contribution is -0.345. The number of carbonyl (C=O) groups is 1. The quantitative estimate of drug-likeness (QED) is 0.338. The van der Waals surface area contributed by atoms with E-state index in [1.54, 1.807) is 0 Å². The van der Waals surface area contributed by atoms with Crippen LogP contribution in [0, 0.1) is 0 Å². The largest absolute Gasteiger partial charge is 0.394 e. The van der Waals surface area contributed by atoms with Crippen LogP contribution in [0.25, 0.3) is 0 Å². The fourth-order valence-corrected chi connectivity index (χ4v) is 2.11. The number of carbonyl (C=O) groups excluding carboxylic acids is 1. The van der Waals surface area contributed by atoms with E-state index in [1.807, 2.05) is 0 Å². The molecule has 0 fully saturated rings. The van der Waals surface area contributed by atoms with Crippen molar-refractivity contribution in [2.24, 2.45) is 0 Å². The fraction of sp³-hybridized carbons (Fsp3) is 0.938. The predicted octanol–water partition coefficient (Wildman–Crippen LogP) is 2.58. The third-order valence-electron chi connectivity index (χ3n) is 3.30. The van der Waals surface area contributed by atoms with Gasteiger partial charge in [-0.3, -0.25) is 4.79 Å². The van der Waals surface area contributed by atoms with Gasteiger partial charge in [-0.2, -0.15) is 0 Å². The highest BCUT2D eigenvalue weighted by atomic mass is 17.0. The van der Waals surface area contributed by atoms with Gasteiger partial charge < -0.3 is 10.2 Å². The molecule has 0 radical (unpaired) electrons. The van der Waals surface area contributed by atoms with Crippen LogP contribution in [0.2, 0.25) is 0 Å². The molecule has 0 saturated heterocycles. The Labute approximate surface area is 134 Å². The van der Waals surface area contributed by atoms with E-state index in [1.165, 1.54) is 38.5 Å². The number of unbranched alkanes of at least 4 members (excludes halogenated alkanes) is 8. The third kappa shape index (κ3) is 13.0. The molecule has 0 atom stereocenters. The molecule has 0 aliphatic rings. The molecule has 132 valence electrons. The summed E-state index contributed by atoms with van der Waals surface area (Å²) in [4.78, 5) is 21.9. The first-order valence-electron chi connectivity index (χ1n) is 8.56. The van der Waals surface area contributed by atoms with E-state index < -0.39 is 0 Å². The summed E-state index contributed by atoms with van der Waals surface area (Å²) in [6, 6.07) is 0. The molecule has 0 heterocycles. The average Bonchev–Trinajstić information content (AvgIpc) is 2.53. The van der Waals surface area contributed by atoms with Crippen LogP contribution in [0.15, 0.2) is 0 Å². The molecule has 0 aliphatic carbocycles. The van der Waals surface area contributed by atoms with Crippen molar-refractivity contribution in [2.45, 2.75) is 71.1 Å². The lowest BCUT2D eigenvalue weighted by Gasteiger charge is -2.19. The first-order chi connectivity index (χ1) is 10.8. The number of aliphatic hydroxyl groups excluding tert-OH is 2. The van der Waals surface area contributed by atoms with Crippen LogP contribution in [0.4, 0.5) is 0 Å². The van der Waals surface area contributed by atoms with Gasteiger partial charge in [-0.25, -0.2) is 9.68 Å². The van der Waals surface area contributed by atoms with E-state index in [0.29, 0.717) is 6.42 Å². The van der Waals surface area contributed by atoms with Crippen LogP contribution in [0.3, 0.4) is 0 Å². The van der Waals surface area contributed by atoms with Crippen molar-refractivity contribution in [3.8, 4) is 0 Å². The number of hydrogen-bond acceptors (Lipinski definition) is 5. The van der Waals surface area contributed by atoms with Gasteiger partial charge in [0.05, 0.1) is 13.2 Å². The van der Waals surface area contributed by atoms with Crippen molar-refractivity contribution in [3.05, 3.63) is 0 Å². The SMILES string of the molecule is CCCCCCCCCCCC(=O)N(OCCO)OCCO. The zero-order valence-electron chi connectivity index (χ0n) is 14.0. The summed E-state index contributed by atoms with van der Waals surface area (Å²) in [5.41, 5.74) is 0. The van der Waals surface area contributed by atoms with Crippen molar-refractivity contribution >= 4 is 5.91 Å². The van der Waals surface area contributed by atoms with Gasteiger partial charge in [0.15, 0.2) is 0 Å². The summed E-state index contributed by atoms with van der Waals surface area (Å²) < 4.78 is 0. The van der Waals surface area contributed by atoms with Crippen molar-refractivity contribution in [1.29, 1.82) is 0 Å². The molecular weight excluding hydrogens is 286 g/mol. The predicted molar refractivity (Wildman–Crippen MR) is 84.8 cm³/mol. The van der Waals surface area contributed by atoms with Crippen LogP contribution >= 0.6 is 0 Å². The normalized spacial score (nSPS) is 10.9. The van der Waals surface area contributed by atoms with Crippen LogP contribution in [-0.4, -0.2) is 47.8 Å². The molecule has 0 aromatic heterocycles. The van der Waals surface area contributed by atoms with Gasteiger partial charge >= 0.3 is 0 Å². The van der Waals surface area contributed by atoms with Crippen LogP contribution in [0.1, 0.15) is 71.1 Å². The molecule has 2 N–H and O–H groups in total. The average molecular weight is 319 g/mol. The van der Waals surface area contributed by atoms with Gasteiger partial charge in [0.25, 0.3) is 5.91 Å². The number of aliphatic hydroxyl groups is 2. The van der Waals surface area contributed by atoms with Gasteiger partial charge in [-0.15, -0.1) is 0 Å². The third-order valence-corrected chi connectivity index (χ3v) is 3.30. The molecule has 6 nitrogen and oxygen atoms in total. The molecule has 0 aliphatic heterocycles. The van der Waals surface area contributed by atoms with E-state index in [0.717, 1.165) is 24.5 Å². The van der Waals surface area contributed by atoms with E-state index in [2.05, 4.69) is 6.92 Å². The van der Waals surface area contributed by atoms with Crippen LogP contribution in [0.5, 0.6) is 0 Å². The highest BCUT2D eigenvalue weighted by molar-refractivity contribution is 5.73. The lowest BCUT2D eigenvalue weighted by atomic mass is 10.1. The Morgan fingerprint density at radius 2 is 1.27 bits per heavy atom. The zero-order valence-corrected chi connectivity index (χ0v) is 14.0. The molecule has 1 amide bonds. The Kier molecular flexibility index (Phi) is 16.2. The number of hydrogen-bond donors (Lipinski definition) is 2. The van der Waals surface area contributed by atoms with E-state index in [4.69, 9.17) is 19.9 Å². The van der Waals surface area contributed by atoms with Crippen molar-refractivity contribution in [1.82, 2.24) is 5.23 Å². The van der Waals surface area contributed by atoms with Crippen molar-refractivity contribution < 1.29 is 24.7 Å². The fourth-order valence-electron chi connectivity index (χ4n) is 2.11. The highest BCUT2D eigenvalue weighted by Gasteiger charge is 2.14. The molecule has 0 rings (SSSR count). The summed E-state index contributed by atoms with van der Waals surface area (Å²) in [5.74, 6) is -0.273. The summed E-state index contributed by atoms with van der Waals surface area (Å²) in [6.07, 6.45) is 11.1. The first kappa shape index (κ1) is 21.3. The second-order valence-corrected chi connectivity index (χ2v) is 5.34. The van der Waals surface area contributed by atoms with Gasteiger partial charge in [0.1, 0.15) is 13.2 Å². The maximum absolute atomic E-state index is 11.9. The Morgan fingerprint density at radius 3 is 1.73 bits per heavy atom. The minimum Gasteiger partial charge on any atom is -0.394 e. The number of rotatable bonds is 16. The second kappa shape index (κ2) is 16.7. The van der Waals surface area contributed by atoms with Gasteiger partial charge in [-0.1, -0.05) is 63.5 Å². The molecule has 0 aromatic carbocycles. The standard InChI is InChI=1S/C16H33NO5/c1-2-3-4-5-6-7-8-9-10-11-16(20)17(21-14-12-18)22-15-13-19/h18-19H,2-15H2,1H3. The maximum Gasteiger partial charge on any atom is 0.273 e. The molecule has 22 heavy (non-hydrogen) atoms. The maximum atomic E-state index is 11.9. The van der Waals surface area contributed by atoms with Gasteiger partial charge in [0, 0.05) is 6.42 Å². The summed E-state index contributed by atoms with van der Waals surface area (Å²) in [5, 5.41) is 18.2. The molecule has 0 spiro atoms. The minimum atomic E-state index is -0.273. The number of nitrogens with zero attached hydrogens (tertiary/aromatic N) is 1. The molecule has 0 saturated carbocycles. The summed E-state index contributed by atoms with van der Waals surface area (Å²) >= 11 is 0. The smallest absolute Gasteiger partial charge is 0.273 e. The Morgan fingerprint density at radius 1 is 0.818 bits per heavy atom. The van der Waals surface area contributed by atoms with Gasteiger partial charge in [0.2, 0.25) is 0 Å². The first-order valence-corrected chi connectivity index (χ1v) is 8.56. The van der Waals surface area contributed by atoms with Crippen LogP contribution in [-0.2, 0) is 14.5 Å². The molecule has 0 bridgehead atoms. The molecule has 0 aromatic rings. The highest BCUT2D eigenvalue weighted by Crippen LogP contribution is 2.11. The molecule has 6 heteroatoms. The van der Waals surface area contributed by atoms with Crippen molar-refractivity contribution in [2.75, 3.05) is 26.4 Å². The lowest BCUT2D eigenvalue weighted by Crippen LogP contribution is -2.33. The van der Waals surface area contributed by atoms with Gasteiger partial charge in [-0.05, 0) is 6.42 Å². The molecule has 0 unspecified atom stereocenters. The Hall–Kier alpha value is -0.690. The molecular formula is C16H33NO5. The Bertz CT molecular complexity index is 243. The van der Waals surface area contributed by atoms with E-state index in [9.17, 15) is 4.79 Å². The number of amides is 1. The minimum absolute atomic E-state index is 0.00503. The Balaban J connectivity index is 3.61. The monoisotopic (exact) mass is 319 g/mol. The summed E-state index contributed by atoms with van der Waals surface area (Å²) in [6.45, 7) is 1.83. The van der Waals surface area contributed by atoms with E-state index in [-0.39, 0.29) is 32.3 Å². The topological polar surface area (TPSA) is 79.2 Å².